The third-order valence-corrected chi connectivity index (χ3v) is 8.11. The van der Waals surface area contributed by atoms with Gasteiger partial charge in [-0.1, -0.05) is 39.0 Å². The van der Waals surface area contributed by atoms with Crippen LogP contribution in [0.15, 0.2) is 91.0 Å². The lowest BCUT2D eigenvalue weighted by Gasteiger charge is -2.33. The second kappa shape index (κ2) is 9.71. The first kappa shape index (κ1) is 25.1. The Morgan fingerprint density at radius 1 is 0.684 bits per heavy atom. The maximum Gasteiger partial charge on any atom is 0.255 e. The number of amides is 2. The second-order valence-electron chi connectivity index (χ2n) is 10.3. The summed E-state index contributed by atoms with van der Waals surface area (Å²) >= 11 is 0. The number of hydrogen-bond donors (Lipinski definition) is 4. The van der Waals surface area contributed by atoms with Gasteiger partial charge in [0.15, 0.2) is 0 Å². The van der Waals surface area contributed by atoms with E-state index in [0.29, 0.717) is 34.3 Å². The summed E-state index contributed by atoms with van der Waals surface area (Å²) in [6.45, 7) is 6.78. The van der Waals surface area contributed by atoms with Crippen LogP contribution in [-0.2, 0) is 5.41 Å². The van der Waals surface area contributed by atoms with Gasteiger partial charge in [0.2, 0.25) is 0 Å². The Kier molecular flexibility index (Phi) is 6.41. The summed E-state index contributed by atoms with van der Waals surface area (Å²) in [4.78, 5) is 25.4. The van der Waals surface area contributed by atoms with E-state index in [9.17, 15) is 9.59 Å². The molecule has 6 nitrogen and oxygen atoms in total. The molecular formula is C32H32N4O2. The summed E-state index contributed by atoms with van der Waals surface area (Å²) < 4.78 is 0. The average Bonchev–Trinajstić information content (AvgIpc) is 3.11. The third-order valence-electron chi connectivity index (χ3n) is 8.11. The lowest BCUT2D eigenvalue weighted by molar-refractivity contribution is 0.101. The normalized spacial score (nSPS) is 20.0. The molecule has 0 aliphatic heterocycles. The minimum Gasteiger partial charge on any atom is -0.399 e. The highest BCUT2D eigenvalue weighted by molar-refractivity contribution is 6.05. The Hall–Kier alpha value is -4.58. The first-order valence-corrected chi connectivity index (χ1v) is 12.8. The van der Waals surface area contributed by atoms with Gasteiger partial charge in [-0.3, -0.25) is 9.59 Å². The van der Waals surface area contributed by atoms with Crippen molar-refractivity contribution in [3.05, 3.63) is 119 Å². The largest absolute Gasteiger partial charge is 0.399 e. The van der Waals surface area contributed by atoms with Gasteiger partial charge >= 0.3 is 0 Å². The van der Waals surface area contributed by atoms with E-state index >= 15 is 0 Å². The number of hydrogen-bond acceptors (Lipinski definition) is 4. The Morgan fingerprint density at radius 2 is 1.16 bits per heavy atom. The van der Waals surface area contributed by atoms with E-state index in [4.69, 9.17) is 11.5 Å². The summed E-state index contributed by atoms with van der Waals surface area (Å²) in [6.07, 6.45) is 0. The fourth-order valence-corrected chi connectivity index (χ4v) is 5.50. The molecule has 1 aliphatic rings. The lowest BCUT2D eigenvalue weighted by Crippen LogP contribution is -2.28. The summed E-state index contributed by atoms with van der Waals surface area (Å²) in [5.41, 5.74) is 18.8. The number of nitrogens with one attached hydrogen (secondary N) is 2. The predicted octanol–water partition coefficient (Wildman–Crippen LogP) is 6.41. The number of nitrogens with two attached hydrogens (primary N) is 2. The molecular weight excluding hydrogens is 472 g/mol. The van der Waals surface area contributed by atoms with Crippen LogP contribution in [0.1, 0.15) is 64.1 Å². The molecule has 0 heterocycles. The van der Waals surface area contributed by atoms with Gasteiger partial charge in [0.05, 0.1) is 0 Å². The van der Waals surface area contributed by atoms with Crippen LogP contribution in [0.5, 0.6) is 0 Å². The first-order chi connectivity index (χ1) is 18.2. The van der Waals surface area contributed by atoms with Gasteiger partial charge in [-0.2, -0.15) is 0 Å². The zero-order valence-electron chi connectivity index (χ0n) is 21.8. The van der Waals surface area contributed by atoms with E-state index in [1.165, 1.54) is 16.7 Å². The minimum atomic E-state index is -0.215. The highest BCUT2D eigenvalue weighted by Crippen LogP contribution is 2.54. The van der Waals surface area contributed by atoms with Crippen molar-refractivity contribution in [1.29, 1.82) is 0 Å². The first-order valence-electron chi connectivity index (χ1n) is 12.8. The highest BCUT2D eigenvalue weighted by atomic mass is 16.2. The van der Waals surface area contributed by atoms with Crippen molar-refractivity contribution in [2.75, 3.05) is 22.1 Å². The Morgan fingerprint density at radius 3 is 1.68 bits per heavy atom. The van der Waals surface area contributed by atoms with Crippen molar-refractivity contribution in [2.24, 2.45) is 5.92 Å². The van der Waals surface area contributed by atoms with Crippen molar-refractivity contribution in [1.82, 2.24) is 0 Å². The van der Waals surface area contributed by atoms with Crippen LogP contribution >= 0.6 is 0 Å². The van der Waals surface area contributed by atoms with Crippen LogP contribution in [0.25, 0.3) is 0 Å². The molecule has 0 aromatic heterocycles. The Balaban J connectivity index is 1.37. The van der Waals surface area contributed by atoms with E-state index in [-0.39, 0.29) is 17.2 Å². The minimum absolute atomic E-state index is 0.164. The summed E-state index contributed by atoms with van der Waals surface area (Å²) in [5.74, 6) is 0.290. The number of nitrogen functional groups attached to an aromatic ring is 2. The fourth-order valence-electron chi connectivity index (χ4n) is 5.50. The molecule has 4 aromatic rings. The van der Waals surface area contributed by atoms with E-state index in [2.05, 4.69) is 55.7 Å². The van der Waals surface area contributed by atoms with Crippen LogP contribution in [0.4, 0.5) is 22.7 Å². The maximum absolute atomic E-state index is 12.7. The van der Waals surface area contributed by atoms with Crippen molar-refractivity contribution < 1.29 is 9.59 Å². The lowest BCUT2D eigenvalue weighted by atomic mass is 9.70. The monoisotopic (exact) mass is 504 g/mol. The Bertz CT molecular complexity index is 1490. The summed E-state index contributed by atoms with van der Waals surface area (Å²) in [7, 11) is 0. The number of carbonyl (C=O) groups is 2. The summed E-state index contributed by atoms with van der Waals surface area (Å²) in [6, 6.07) is 28.0. The van der Waals surface area contributed by atoms with Gasteiger partial charge in [0.1, 0.15) is 0 Å². The zero-order valence-corrected chi connectivity index (χ0v) is 21.8. The smallest absolute Gasteiger partial charge is 0.255 e. The van der Waals surface area contributed by atoms with Gasteiger partial charge in [-0.15, -0.1) is 0 Å². The molecule has 0 fully saturated rings. The van der Waals surface area contributed by atoms with Gasteiger partial charge in [0.25, 0.3) is 11.8 Å². The van der Waals surface area contributed by atoms with E-state index in [1.807, 2.05) is 18.2 Å². The number of benzene rings is 4. The molecule has 0 radical (unpaired) electrons. The molecule has 0 bridgehead atoms. The van der Waals surface area contributed by atoms with Crippen molar-refractivity contribution >= 4 is 34.6 Å². The molecule has 38 heavy (non-hydrogen) atoms. The van der Waals surface area contributed by atoms with Gasteiger partial charge in [-0.25, -0.2) is 0 Å². The van der Waals surface area contributed by atoms with Crippen molar-refractivity contribution in [3.8, 4) is 0 Å². The van der Waals surface area contributed by atoms with Crippen molar-refractivity contribution in [3.63, 3.8) is 0 Å². The average molecular weight is 505 g/mol. The Labute approximate surface area is 223 Å². The summed E-state index contributed by atoms with van der Waals surface area (Å²) in [5, 5.41) is 5.99. The van der Waals surface area contributed by atoms with E-state index in [0.717, 1.165) is 11.4 Å². The molecule has 4 aromatic carbocycles. The zero-order chi connectivity index (χ0) is 27.0. The van der Waals surface area contributed by atoms with Crippen LogP contribution < -0.4 is 22.1 Å². The number of fused-ring (bicyclic) bond motifs is 1. The molecule has 6 heteroatoms. The van der Waals surface area contributed by atoms with E-state index < -0.39 is 0 Å². The van der Waals surface area contributed by atoms with E-state index in [1.54, 1.807) is 48.5 Å². The van der Waals surface area contributed by atoms with Crippen LogP contribution in [0, 0.1) is 5.92 Å². The fraction of sp³-hybridized carbons (Fsp3) is 0.188. The molecule has 5 rings (SSSR count). The molecule has 1 aliphatic carbocycles. The van der Waals surface area contributed by atoms with Crippen LogP contribution in [0.3, 0.4) is 0 Å². The highest BCUT2D eigenvalue weighted by Gasteiger charge is 2.46. The molecule has 0 saturated carbocycles. The quantitative estimate of drug-likeness (QED) is 0.235. The third kappa shape index (κ3) is 4.50. The number of anilines is 4. The standard InChI is InChI=1S/C32H32N4O2/c1-19-20(2)32(3,23-8-14-26(15-9-23)35-30(37)21-4-10-24(33)11-5-21)29-17-16-27(18-28(19)29)36-31(38)22-6-12-25(34)13-7-22/h4-20H,33-34H2,1-3H3,(H,35,37)(H,36,38). The number of rotatable bonds is 5. The SMILES string of the molecule is CC1c2cc(NC(=O)c3ccc(N)cc3)ccc2C(C)(c2ccc(NC(=O)c3ccc(N)cc3)cc2)C1C. The molecule has 2 amide bonds. The molecule has 3 atom stereocenters. The molecule has 3 unspecified atom stereocenters. The predicted molar refractivity (Wildman–Crippen MR) is 155 cm³/mol. The molecule has 0 saturated heterocycles. The van der Waals surface area contributed by atoms with Crippen LogP contribution in [-0.4, -0.2) is 11.8 Å². The van der Waals surface area contributed by atoms with Gasteiger partial charge in [0, 0.05) is 39.3 Å². The van der Waals surface area contributed by atoms with Crippen molar-refractivity contribution in [2.45, 2.75) is 32.1 Å². The van der Waals surface area contributed by atoms with Gasteiger partial charge < -0.3 is 22.1 Å². The topological polar surface area (TPSA) is 110 Å². The molecule has 192 valence electrons. The van der Waals surface area contributed by atoms with Crippen LogP contribution in [0.2, 0.25) is 0 Å². The maximum atomic E-state index is 12.7. The van der Waals surface area contributed by atoms with Gasteiger partial charge in [-0.05, 0) is 101 Å². The molecule has 6 N–H and O–H groups in total. The molecule has 0 spiro atoms. The second-order valence-corrected chi connectivity index (χ2v) is 10.3. The number of carbonyl (C=O) groups excluding carboxylic acids is 2.